The van der Waals surface area contributed by atoms with Crippen LogP contribution in [-0.2, 0) is 6.42 Å². The number of rotatable bonds is 5. The van der Waals surface area contributed by atoms with E-state index in [2.05, 4.69) is 36.7 Å². The van der Waals surface area contributed by atoms with E-state index >= 15 is 0 Å². The van der Waals surface area contributed by atoms with E-state index in [9.17, 15) is 4.39 Å². The molecule has 0 spiro atoms. The quantitative estimate of drug-likeness (QED) is 0.837. The third kappa shape index (κ3) is 2.94. The van der Waals surface area contributed by atoms with Gasteiger partial charge in [0.25, 0.3) is 0 Å². The van der Waals surface area contributed by atoms with Crippen molar-refractivity contribution in [3.63, 3.8) is 0 Å². The van der Waals surface area contributed by atoms with E-state index in [-0.39, 0.29) is 11.9 Å². The summed E-state index contributed by atoms with van der Waals surface area (Å²) in [6.45, 7) is 8.96. The fourth-order valence-corrected chi connectivity index (χ4v) is 3.80. The second-order valence-corrected chi connectivity index (χ2v) is 6.08. The van der Waals surface area contributed by atoms with E-state index in [1.165, 1.54) is 10.4 Å². The Balaban J connectivity index is 2.54. The topological polar surface area (TPSA) is 12.0 Å². The Morgan fingerprint density at radius 3 is 2.60 bits per heavy atom. The van der Waals surface area contributed by atoms with Gasteiger partial charge < -0.3 is 5.32 Å². The maximum Gasteiger partial charge on any atom is 0.128 e. The Labute approximate surface area is 124 Å². The smallest absolute Gasteiger partial charge is 0.128 e. The van der Waals surface area contributed by atoms with Gasteiger partial charge in [0.2, 0.25) is 0 Å². The van der Waals surface area contributed by atoms with Crippen LogP contribution in [0.4, 0.5) is 4.39 Å². The van der Waals surface area contributed by atoms with Gasteiger partial charge in [0.1, 0.15) is 5.82 Å². The molecule has 1 heterocycles. The third-order valence-electron chi connectivity index (χ3n) is 3.60. The van der Waals surface area contributed by atoms with Crippen molar-refractivity contribution in [3.8, 4) is 0 Å². The molecule has 0 fully saturated rings. The number of nitrogens with one attached hydrogen (secondary N) is 1. The molecule has 2 aromatic rings. The van der Waals surface area contributed by atoms with Gasteiger partial charge in [-0.15, -0.1) is 11.3 Å². The van der Waals surface area contributed by atoms with E-state index in [0.717, 1.165) is 29.7 Å². The largest absolute Gasteiger partial charge is 0.306 e. The molecule has 1 nitrogen and oxygen atoms in total. The summed E-state index contributed by atoms with van der Waals surface area (Å²) in [6.07, 6.45) is 0.979. The van der Waals surface area contributed by atoms with Crippen molar-refractivity contribution < 1.29 is 4.39 Å². The summed E-state index contributed by atoms with van der Waals surface area (Å²) < 4.78 is 14.5. The van der Waals surface area contributed by atoms with Crippen molar-refractivity contribution in [1.82, 2.24) is 5.32 Å². The Bertz CT molecular complexity index is 565. The molecule has 1 aromatic heterocycles. The highest BCUT2D eigenvalue weighted by atomic mass is 32.1. The number of benzene rings is 1. The van der Waals surface area contributed by atoms with E-state index in [0.29, 0.717) is 0 Å². The van der Waals surface area contributed by atoms with Crippen LogP contribution in [0, 0.1) is 19.7 Å². The van der Waals surface area contributed by atoms with Gasteiger partial charge >= 0.3 is 0 Å². The van der Waals surface area contributed by atoms with Gasteiger partial charge in [0.05, 0.1) is 6.04 Å². The van der Waals surface area contributed by atoms with Gasteiger partial charge in [-0.05, 0) is 61.0 Å². The summed E-state index contributed by atoms with van der Waals surface area (Å²) in [5.74, 6) is -0.107. The van der Waals surface area contributed by atoms with Gasteiger partial charge in [0.15, 0.2) is 0 Å². The monoisotopic (exact) mass is 291 g/mol. The molecule has 0 aliphatic carbocycles. The summed E-state index contributed by atoms with van der Waals surface area (Å²) in [5.41, 5.74) is 4.08. The lowest BCUT2D eigenvalue weighted by Crippen LogP contribution is -2.24. The Kier molecular flexibility index (Phi) is 4.95. The first-order valence-electron chi connectivity index (χ1n) is 7.14. The van der Waals surface area contributed by atoms with Crippen LogP contribution in [0.5, 0.6) is 0 Å². The van der Waals surface area contributed by atoms with Gasteiger partial charge in [-0.3, -0.25) is 0 Å². The van der Waals surface area contributed by atoms with Crippen molar-refractivity contribution in [2.24, 2.45) is 0 Å². The third-order valence-corrected chi connectivity index (χ3v) is 4.63. The van der Waals surface area contributed by atoms with Gasteiger partial charge in [-0.25, -0.2) is 4.39 Å². The zero-order valence-corrected chi connectivity index (χ0v) is 13.4. The van der Waals surface area contributed by atoms with E-state index in [1.807, 2.05) is 13.8 Å². The molecule has 0 aliphatic heterocycles. The molecular weight excluding hydrogens is 269 g/mol. The first-order valence-corrected chi connectivity index (χ1v) is 8.02. The molecule has 1 aromatic carbocycles. The molecule has 0 amide bonds. The van der Waals surface area contributed by atoms with Crippen molar-refractivity contribution in [3.05, 3.63) is 56.5 Å². The fraction of sp³-hybridized carbons (Fsp3) is 0.412. The Morgan fingerprint density at radius 1 is 1.25 bits per heavy atom. The highest BCUT2D eigenvalue weighted by Crippen LogP contribution is 2.33. The van der Waals surface area contributed by atoms with E-state index < -0.39 is 0 Å². The molecule has 1 N–H and O–H groups in total. The minimum atomic E-state index is -0.107. The highest BCUT2D eigenvalue weighted by molar-refractivity contribution is 7.10. The zero-order chi connectivity index (χ0) is 14.7. The van der Waals surface area contributed by atoms with Gasteiger partial charge in [-0.1, -0.05) is 19.9 Å². The Hall–Kier alpha value is -1.19. The maximum absolute atomic E-state index is 14.5. The van der Waals surface area contributed by atoms with Crippen LogP contribution < -0.4 is 5.32 Å². The lowest BCUT2D eigenvalue weighted by molar-refractivity contribution is 0.557. The van der Waals surface area contributed by atoms with Crippen LogP contribution in [0.2, 0.25) is 0 Å². The standard InChI is InChI=1S/C17H22FNS/c1-5-13-7-8-20-17(13)16(19-6-2)15-12(4)9-11(3)10-14(15)18/h7-10,16,19H,5-6H2,1-4H3. The summed E-state index contributed by atoms with van der Waals surface area (Å²) >= 11 is 1.71. The fourth-order valence-electron chi connectivity index (χ4n) is 2.72. The number of hydrogen-bond acceptors (Lipinski definition) is 2. The molecule has 20 heavy (non-hydrogen) atoms. The summed E-state index contributed by atoms with van der Waals surface area (Å²) in [7, 11) is 0. The first-order chi connectivity index (χ1) is 9.58. The lowest BCUT2D eigenvalue weighted by Gasteiger charge is -2.22. The molecule has 0 saturated heterocycles. The number of hydrogen-bond donors (Lipinski definition) is 1. The summed E-state index contributed by atoms with van der Waals surface area (Å²) in [5, 5.41) is 5.54. The predicted octanol–water partition coefficient (Wildman–Crippen LogP) is 4.77. The predicted molar refractivity (Wildman–Crippen MR) is 85.1 cm³/mol. The first kappa shape index (κ1) is 15.2. The van der Waals surface area contributed by atoms with Crippen LogP contribution in [-0.4, -0.2) is 6.54 Å². The van der Waals surface area contributed by atoms with Gasteiger partial charge in [0, 0.05) is 10.4 Å². The van der Waals surface area contributed by atoms with Crippen molar-refractivity contribution in [1.29, 1.82) is 0 Å². The Morgan fingerprint density at radius 2 is 2.00 bits per heavy atom. The molecule has 1 unspecified atom stereocenters. The molecule has 108 valence electrons. The van der Waals surface area contributed by atoms with Crippen LogP contribution in [0.1, 0.15) is 47.0 Å². The summed E-state index contributed by atoms with van der Waals surface area (Å²) in [6, 6.07) is 5.79. The molecule has 0 aliphatic rings. The molecule has 0 bridgehead atoms. The number of thiophene rings is 1. The van der Waals surface area contributed by atoms with Crippen molar-refractivity contribution >= 4 is 11.3 Å². The number of halogens is 1. The van der Waals surface area contributed by atoms with Crippen molar-refractivity contribution in [2.45, 2.75) is 40.2 Å². The highest BCUT2D eigenvalue weighted by Gasteiger charge is 2.22. The zero-order valence-electron chi connectivity index (χ0n) is 12.6. The minimum absolute atomic E-state index is 0.0458. The molecule has 0 radical (unpaired) electrons. The van der Waals surface area contributed by atoms with E-state index in [4.69, 9.17) is 0 Å². The second-order valence-electron chi connectivity index (χ2n) is 5.13. The molecule has 0 saturated carbocycles. The minimum Gasteiger partial charge on any atom is -0.306 e. The summed E-state index contributed by atoms with van der Waals surface area (Å²) in [4.78, 5) is 1.24. The molecule has 1 atom stereocenters. The average Bonchev–Trinajstić information content (AvgIpc) is 2.84. The molecule has 3 heteroatoms. The normalized spacial score (nSPS) is 12.7. The van der Waals surface area contributed by atoms with Crippen LogP contribution >= 0.6 is 11.3 Å². The lowest BCUT2D eigenvalue weighted by atomic mass is 9.95. The van der Waals surface area contributed by atoms with Crippen LogP contribution in [0.25, 0.3) is 0 Å². The maximum atomic E-state index is 14.5. The van der Waals surface area contributed by atoms with Crippen molar-refractivity contribution in [2.75, 3.05) is 6.54 Å². The van der Waals surface area contributed by atoms with Gasteiger partial charge in [-0.2, -0.15) is 0 Å². The van der Waals surface area contributed by atoms with E-state index in [1.54, 1.807) is 17.4 Å². The van der Waals surface area contributed by atoms with Crippen LogP contribution in [0.3, 0.4) is 0 Å². The molecule has 2 rings (SSSR count). The van der Waals surface area contributed by atoms with Crippen LogP contribution in [0.15, 0.2) is 23.6 Å². The average molecular weight is 291 g/mol. The number of aryl methyl sites for hydroxylation is 3. The SMILES string of the molecule is CCNC(c1sccc1CC)c1c(C)cc(C)cc1F. The second kappa shape index (κ2) is 6.51. The molecular formula is C17H22FNS.